The smallest absolute Gasteiger partial charge is 0.528 e. The molecule has 0 atom stereocenters. The first-order valence-corrected chi connectivity index (χ1v) is 10.1. The lowest BCUT2D eigenvalue weighted by molar-refractivity contribution is 0.304. The molecule has 31 heavy (non-hydrogen) atoms. The highest BCUT2D eigenvalue weighted by Gasteiger charge is 2.04. The zero-order chi connectivity index (χ0) is 21.1. The van der Waals surface area contributed by atoms with Gasteiger partial charge in [-0.2, -0.15) is 0 Å². The van der Waals surface area contributed by atoms with Gasteiger partial charge < -0.3 is 18.8 Å². The van der Waals surface area contributed by atoms with E-state index in [1.165, 1.54) is 0 Å². The Kier molecular flexibility index (Phi) is 7.11. The van der Waals surface area contributed by atoms with Crippen LogP contribution < -0.4 is 18.8 Å². The highest BCUT2D eigenvalue weighted by molar-refractivity contribution is 6.20. The third-order valence-electron chi connectivity index (χ3n) is 4.56. The Labute approximate surface area is 183 Å². The van der Waals surface area contributed by atoms with E-state index in [4.69, 9.17) is 18.8 Å². The third kappa shape index (κ3) is 6.58. The Morgan fingerprint density at radius 1 is 0.452 bits per heavy atom. The molecule has 0 aliphatic heterocycles. The summed E-state index contributed by atoms with van der Waals surface area (Å²) in [5.74, 6) is 2.86. The largest absolute Gasteiger partial charge is 0.576 e. The van der Waals surface area contributed by atoms with Crippen LogP contribution in [-0.2, 0) is 13.2 Å². The van der Waals surface area contributed by atoms with E-state index in [1.807, 2.05) is 109 Å². The third-order valence-corrected chi connectivity index (χ3v) is 4.56. The Hall–Kier alpha value is -3.86. The fourth-order valence-electron chi connectivity index (χ4n) is 2.95. The molecule has 0 fully saturated rings. The molecule has 4 aromatic carbocycles. The highest BCUT2D eigenvalue weighted by Crippen LogP contribution is 2.22. The minimum atomic E-state index is 0.0876. The van der Waals surface area contributed by atoms with Gasteiger partial charge in [0.2, 0.25) is 0 Å². The molecule has 0 saturated heterocycles. The van der Waals surface area contributed by atoms with Gasteiger partial charge in [0.25, 0.3) is 0 Å². The molecule has 4 nitrogen and oxygen atoms in total. The van der Waals surface area contributed by atoms with Crippen LogP contribution in [0.4, 0.5) is 0 Å². The average molecular weight is 410 g/mol. The van der Waals surface area contributed by atoms with Gasteiger partial charge in [-0.05, 0) is 35.4 Å². The number of rotatable bonds is 10. The van der Waals surface area contributed by atoms with Crippen molar-refractivity contribution in [3.63, 3.8) is 0 Å². The van der Waals surface area contributed by atoms with Crippen molar-refractivity contribution in [1.29, 1.82) is 0 Å². The Morgan fingerprint density at radius 2 is 0.871 bits per heavy atom. The van der Waals surface area contributed by atoms with E-state index in [1.54, 1.807) is 0 Å². The van der Waals surface area contributed by atoms with Crippen molar-refractivity contribution < 1.29 is 18.8 Å². The van der Waals surface area contributed by atoms with Crippen LogP contribution in [0.5, 0.6) is 23.0 Å². The molecule has 0 saturated carbocycles. The van der Waals surface area contributed by atoms with Gasteiger partial charge in [0.05, 0.1) is 0 Å². The van der Waals surface area contributed by atoms with Crippen molar-refractivity contribution in [2.75, 3.05) is 0 Å². The molecular formula is C26H23BO4. The zero-order valence-electron chi connectivity index (χ0n) is 17.1. The summed E-state index contributed by atoms with van der Waals surface area (Å²) in [5, 5.41) is 0. The van der Waals surface area contributed by atoms with Gasteiger partial charge >= 0.3 is 7.69 Å². The highest BCUT2D eigenvalue weighted by atomic mass is 16.6. The van der Waals surface area contributed by atoms with Crippen molar-refractivity contribution in [2.45, 2.75) is 13.2 Å². The summed E-state index contributed by atoms with van der Waals surface area (Å²) in [4.78, 5) is 0. The maximum Gasteiger partial charge on any atom is 0.576 e. The summed E-state index contributed by atoms with van der Waals surface area (Å²) >= 11 is 0. The predicted molar refractivity (Wildman–Crippen MR) is 123 cm³/mol. The molecule has 0 aliphatic rings. The molecule has 4 rings (SSSR count). The van der Waals surface area contributed by atoms with Gasteiger partial charge in [0.1, 0.15) is 36.2 Å². The Morgan fingerprint density at radius 3 is 1.32 bits per heavy atom. The Bertz CT molecular complexity index is 984. The summed E-state index contributed by atoms with van der Waals surface area (Å²) < 4.78 is 23.1. The molecule has 0 amide bonds. The molecule has 5 heteroatoms. The van der Waals surface area contributed by atoms with Gasteiger partial charge in [-0.15, -0.1) is 0 Å². The van der Waals surface area contributed by atoms with Crippen LogP contribution in [0.3, 0.4) is 0 Å². The van der Waals surface area contributed by atoms with Crippen molar-refractivity contribution in [1.82, 2.24) is 0 Å². The molecule has 0 N–H and O–H groups in total. The number of hydrogen-bond donors (Lipinski definition) is 0. The summed E-state index contributed by atoms with van der Waals surface area (Å²) in [5.41, 5.74) is 2.23. The van der Waals surface area contributed by atoms with Crippen LogP contribution in [0.2, 0.25) is 0 Å². The number of hydrogen-bond acceptors (Lipinski definition) is 4. The minimum absolute atomic E-state index is 0.0876. The predicted octanol–water partition coefficient (Wildman–Crippen LogP) is 5.57. The second-order valence-corrected chi connectivity index (χ2v) is 6.90. The zero-order valence-corrected chi connectivity index (χ0v) is 17.1. The molecule has 0 spiro atoms. The van der Waals surface area contributed by atoms with Crippen LogP contribution in [-0.4, -0.2) is 7.69 Å². The van der Waals surface area contributed by atoms with E-state index in [9.17, 15) is 0 Å². The lowest BCUT2D eigenvalue weighted by Gasteiger charge is -2.11. The van der Waals surface area contributed by atoms with Gasteiger partial charge in [0, 0.05) is 12.1 Å². The molecule has 4 aromatic rings. The van der Waals surface area contributed by atoms with Crippen LogP contribution in [0.15, 0.2) is 109 Å². The lowest BCUT2D eigenvalue weighted by atomic mass is 10.2. The molecular weight excluding hydrogens is 387 g/mol. The monoisotopic (exact) mass is 410 g/mol. The van der Waals surface area contributed by atoms with Crippen molar-refractivity contribution in [3.8, 4) is 23.0 Å². The summed E-state index contributed by atoms with van der Waals surface area (Å²) in [6.07, 6.45) is 0. The fourth-order valence-corrected chi connectivity index (χ4v) is 2.95. The molecule has 0 heterocycles. The first kappa shape index (κ1) is 20.4. The number of benzene rings is 4. The van der Waals surface area contributed by atoms with Crippen LogP contribution in [0.25, 0.3) is 0 Å². The quantitative estimate of drug-likeness (QED) is 0.321. The molecule has 0 unspecified atom stereocenters. The van der Waals surface area contributed by atoms with Crippen molar-refractivity contribution in [2.24, 2.45) is 0 Å². The lowest BCUT2D eigenvalue weighted by Crippen LogP contribution is -2.11. The average Bonchev–Trinajstić information content (AvgIpc) is 2.83. The standard InChI is InChI=1S/C26H23BO4/c1-3-9-21(10-4-1)19-28-23-13-7-15-25(17-23)30-27-31-26-16-8-14-24(18-26)29-20-22-11-5-2-6-12-22/h1-18,27H,19-20H2. The van der Waals surface area contributed by atoms with E-state index in [0.29, 0.717) is 24.7 Å². The van der Waals surface area contributed by atoms with Gasteiger partial charge in [-0.1, -0.05) is 72.8 Å². The van der Waals surface area contributed by atoms with Gasteiger partial charge in [0.15, 0.2) is 0 Å². The van der Waals surface area contributed by atoms with E-state index >= 15 is 0 Å². The molecule has 0 aromatic heterocycles. The van der Waals surface area contributed by atoms with Crippen LogP contribution >= 0.6 is 0 Å². The summed E-state index contributed by atoms with van der Waals surface area (Å²) in [7, 11) is 0.0876. The minimum Gasteiger partial charge on any atom is -0.528 e. The maximum atomic E-state index is 5.84. The van der Waals surface area contributed by atoms with E-state index in [0.717, 1.165) is 22.6 Å². The molecule has 154 valence electrons. The first-order chi connectivity index (χ1) is 15.3. The Balaban J connectivity index is 1.25. The van der Waals surface area contributed by atoms with Crippen LogP contribution in [0.1, 0.15) is 11.1 Å². The first-order valence-electron chi connectivity index (χ1n) is 10.1. The van der Waals surface area contributed by atoms with E-state index in [-0.39, 0.29) is 7.69 Å². The summed E-state index contributed by atoms with van der Waals surface area (Å²) in [6, 6.07) is 35.2. The second kappa shape index (κ2) is 10.8. The molecule has 0 bridgehead atoms. The SMILES string of the molecule is B(Oc1cccc(OCc2ccccc2)c1)Oc1cccc(OCc2ccccc2)c1. The van der Waals surface area contributed by atoms with Crippen molar-refractivity contribution >= 4 is 7.69 Å². The van der Waals surface area contributed by atoms with E-state index in [2.05, 4.69) is 0 Å². The second-order valence-electron chi connectivity index (χ2n) is 6.90. The topological polar surface area (TPSA) is 36.9 Å². The van der Waals surface area contributed by atoms with Gasteiger partial charge in [-0.3, -0.25) is 0 Å². The maximum absolute atomic E-state index is 5.84. The van der Waals surface area contributed by atoms with Crippen LogP contribution in [0, 0.1) is 0 Å². The molecule has 0 radical (unpaired) electrons. The van der Waals surface area contributed by atoms with Crippen molar-refractivity contribution in [3.05, 3.63) is 120 Å². The van der Waals surface area contributed by atoms with Gasteiger partial charge in [-0.25, -0.2) is 0 Å². The van der Waals surface area contributed by atoms with E-state index < -0.39 is 0 Å². The number of ether oxygens (including phenoxy) is 2. The molecule has 0 aliphatic carbocycles. The summed E-state index contributed by atoms with van der Waals surface area (Å²) in [6.45, 7) is 1.02. The normalized spacial score (nSPS) is 10.2. The fraction of sp³-hybridized carbons (Fsp3) is 0.0769.